The second-order valence-corrected chi connectivity index (χ2v) is 12.5. The van der Waals surface area contributed by atoms with Gasteiger partial charge in [-0.05, 0) is 49.7 Å². The molecule has 186 valence electrons. The van der Waals surface area contributed by atoms with Gasteiger partial charge >= 0.3 is 11.9 Å². The molecule has 3 fully saturated rings. The first-order chi connectivity index (χ1) is 15.7. The van der Waals surface area contributed by atoms with Crippen LogP contribution in [0.25, 0.3) is 0 Å². The first kappa shape index (κ1) is 24.9. The molecule has 0 heterocycles. The Kier molecular flexibility index (Phi) is 6.00. The maximum Gasteiger partial charge on any atom is 0.303 e. The summed E-state index contributed by atoms with van der Waals surface area (Å²) < 4.78 is 44.5. The molecule has 8 heteroatoms. The summed E-state index contributed by atoms with van der Waals surface area (Å²) >= 11 is 0. The standard InChI is InChI=1S/C26H34O7S/c1-14-8-10-19(11-9-14)34(29,30)33-22-23(31-16(3)27)25(5,6)20-13-18-12-15(2)21(20)26(18,7)24(22)32-17(4)28/h8-11,18,20-24H,2,12-13H2,1,3-7H3/t18-,20-,21+,22-,23-,24-,26+/m1/s1. The van der Waals surface area contributed by atoms with E-state index in [1.807, 2.05) is 27.7 Å². The Labute approximate surface area is 202 Å². The molecule has 0 unspecified atom stereocenters. The van der Waals surface area contributed by atoms with Gasteiger partial charge in [-0.2, -0.15) is 8.42 Å². The lowest BCUT2D eigenvalue weighted by molar-refractivity contribution is -0.188. The molecule has 7 atom stereocenters. The quantitative estimate of drug-likeness (QED) is 0.347. The lowest BCUT2D eigenvalue weighted by Gasteiger charge is -2.46. The van der Waals surface area contributed by atoms with Crippen molar-refractivity contribution in [1.29, 1.82) is 0 Å². The second-order valence-electron chi connectivity index (χ2n) is 11.0. The SMILES string of the molecule is C=C1C[C@@H]2C[C@@H]3[C@H]1[C@@]2(C)[C@H](OC(C)=O)[C@H](OS(=O)(=O)c1ccc(C)cc1)[C@@H](OC(C)=O)C3(C)C. The van der Waals surface area contributed by atoms with Gasteiger partial charge in [0, 0.05) is 24.7 Å². The Bertz CT molecular complexity index is 1120. The van der Waals surface area contributed by atoms with Gasteiger partial charge in [0.15, 0.2) is 6.10 Å². The fourth-order valence-corrected chi connectivity index (χ4v) is 8.00. The highest BCUT2D eigenvalue weighted by atomic mass is 32.2. The lowest BCUT2D eigenvalue weighted by Crippen LogP contribution is -2.56. The van der Waals surface area contributed by atoms with E-state index in [0.717, 1.165) is 24.0 Å². The summed E-state index contributed by atoms with van der Waals surface area (Å²) in [5.41, 5.74) is 0.730. The van der Waals surface area contributed by atoms with Crippen molar-refractivity contribution in [3.05, 3.63) is 42.0 Å². The van der Waals surface area contributed by atoms with Crippen LogP contribution in [0.4, 0.5) is 0 Å². The minimum absolute atomic E-state index is 0.00834. The van der Waals surface area contributed by atoms with Crippen molar-refractivity contribution in [2.75, 3.05) is 0 Å². The number of allylic oxidation sites excluding steroid dienone is 1. The number of hydrogen-bond acceptors (Lipinski definition) is 7. The van der Waals surface area contributed by atoms with Gasteiger partial charge < -0.3 is 9.47 Å². The van der Waals surface area contributed by atoms with Gasteiger partial charge in [-0.3, -0.25) is 13.8 Å². The van der Waals surface area contributed by atoms with Crippen LogP contribution in [0.3, 0.4) is 0 Å². The maximum atomic E-state index is 13.4. The van der Waals surface area contributed by atoms with Crippen LogP contribution in [0.1, 0.15) is 53.0 Å². The summed E-state index contributed by atoms with van der Waals surface area (Å²) in [4.78, 5) is 24.5. The third-order valence-corrected chi connectivity index (χ3v) is 9.80. The van der Waals surface area contributed by atoms with Crippen LogP contribution in [0.15, 0.2) is 41.3 Å². The van der Waals surface area contributed by atoms with E-state index in [2.05, 4.69) is 6.58 Å². The van der Waals surface area contributed by atoms with Gasteiger partial charge in [0.05, 0.1) is 4.90 Å². The van der Waals surface area contributed by atoms with Gasteiger partial charge in [0.2, 0.25) is 0 Å². The summed E-state index contributed by atoms with van der Waals surface area (Å²) in [6, 6.07) is 6.34. The van der Waals surface area contributed by atoms with Crippen molar-refractivity contribution >= 4 is 22.1 Å². The Morgan fingerprint density at radius 3 is 2.12 bits per heavy atom. The molecule has 1 aromatic carbocycles. The maximum absolute atomic E-state index is 13.4. The van der Waals surface area contributed by atoms with E-state index in [1.54, 1.807) is 12.1 Å². The number of esters is 2. The van der Waals surface area contributed by atoms with E-state index in [4.69, 9.17) is 13.7 Å². The molecular weight excluding hydrogens is 456 g/mol. The zero-order valence-corrected chi connectivity index (χ0v) is 21.5. The summed E-state index contributed by atoms with van der Waals surface area (Å²) in [5, 5.41) is 0. The fourth-order valence-electron chi connectivity index (χ4n) is 6.92. The molecule has 34 heavy (non-hydrogen) atoms. The molecule has 1 aromatic rings. The van der Waals surface area contributed by atoms with Crippen molar-refractivity contribution in [3.63, 3.8) is 0 Å². The van der Waals surface area contributed by atoms with Crippen LogP contribution in [0.2, 0.25) is 0 Å². The molecule has 7 nitrogen and oxygen atoms in total. The van der Waals surface area contributed by atoms with Crippen molar-refractivity contribution in [2.45, 2.75) is 77.6 Å². The normalized spacial score (nSPS) is 36.1. The molecule has 0 radical (unpaired) electrons. The minimum Gasteiger partial charge on any atom is -0.459 e. The molecule has 0 amide bonds. The molecule has 3 aliphatic carbocycles. The van der Waals surface area contributed by atoms with E-state index in [-0.39, 0.29) is 22.6 Å². The van der Waals surface area contributed by atoms with Crippen molar-refractivity contribution in [1.82, 2.24) is 0 Å². The zero-order valence-electron chi connectivity index (χ0n) is 20.7. The third-order valence-electron chi connectivity index (χ3n) is 8.47. The summed E-state index contributed by atoms with van der Waals surface area (Å²) in [6.07, 6.45) is -1.44. The largest absolute Gasteiger partial charge is 0.459 e. The predicted octanol–water partition coefficient (Wildman–Crippen LogP) is 4.19. The first-order valence-corrected chi connectivity index (χ1v) is 13.1. The number of hydrogen-bond donors (Lipinski definition) is 0. The fraction of sp³-hybridized carbons (Fsp3) is 0.615. The molecule has 0 spiro atoms. The number of carbonyl (C=O) groups excluding carboxylic acids is 2. The van der Waals surface area contributed by atoms with E-state index < -0.39 is 51.2 Å². The number of carbonyl (C=O) groups is 2. The minimum atomic E-state index is -4.26. The Hall–Kier alpha value is -2.19. The van der Waals surface area contributed by atoms with Crippen LogP contribution < -0.4 is 0 Å². The highest BCUT2D eigenvalue weighted by molar-refractivity contribution is 7.86. The van der Waals surface area contributed by atoms with Gasteiger partial charge in [-0.15, -0.1) is 0 Å². The van der Waals surface area contributed by atoms with Crippen LogP contribution in [0.5, 0.6) is 0 Å². The van der Waals surface area contributed by atoms with E-state index in [1.165, 1.54) is 26.0 Å². The molecule has 4 bridgehead atoms. The second kappa shape index (κ2) is 8.19. The molecule has 4 rings (SSSR count). The molecule has 0 N–H and O–H groups in total. The van der Waals surface area contributed by atoms with Gasteiger partial charge in [-0.1, -0.05) is 50.6 Å². The summed E-state index contributed by atoms with van der Waals surface area (Å²) in [5.74, 6) is -0.868. The molecule has 3 saturated carbocycles. The molecule has 0 aliphatic heterocycles. The number of aryl methyl sites for hydroxylation is 1. The van der Waals surface area contributed by atoms with Crippen molar-refractivity contribution in [3.8, 4) is 0 Å². The summed E-state index contributed by atoms with van der Waals surface area (Å²) in [7, 11) is -4.26. The van der Waals surface area contributed by atoms with Gasteiger partial charge in [-0.25, -0.2) is 0 Å². The average molecular weight is 491 g/mol. The molecule has 0 saturated heterocycles. The van der Waals surface area contributed by atoms with Crippen LogP contribution >= 0.6 is 0 Å². The van der Waals surface area contributed by atoms with Crippen LogP contribution in [-0.4, -0.2) is 38.7 Å². The first-order valence-electron chi connectivity index (χ1n) is 11.7. The van der Waals surface area contributed by atoms with Crippen molar-refractivity contribution in [2.24, 2.45) is 28.6 Å². The number of rotatable bonds is 5. The van der Waals surface area contributed by atoms with Crippen LogP contribution in [0, 0.1) is 35.5 Å². The van der Waals surface area contributed by atoms with Gasteiger partial charge in [0.25, 0.3) is 10.1 Å². The molecule has 3 aliphatic rings. The Morgan fingerprint density at radius 2 is 1.56 bits per heavy atom. The van der Waals surface area contributed by atoms with Gasteiger partial charge in [0.1, 0.15) is 12.2 Å². The highest BCUT2D eigenvalue weighted by Crippen LogP contribution is 2.71. The number of benzene rings is 1. The molecular formula is C26H34O7S. The van der Waals surface area contributed by atoms with E-state index in [9.17, 15) is 18.0 Å². The Morgan fingerprint density at radius 1 is 1.00 bits per heavy atom. The lowest BCUT2D eigenvalue weighted by atomic mass is 9.66. The smallest absolute Gasteiger partial charge is 0.303 e. The Balaban J connectivity index is 1.89. The van der Waals surface area contributed by atoms with Crippen molar-refractivity contribution < 1.29 is 31.7 Å². The topological polar surface area (TPSA) is 96.0 Å². The monoisotopic (exact) mass is 490 g/mol. The van der Waals surface area contributed by atoms with E-state index >= 15 is 0 Å². The third kappa shape index (κ3) is 3.79. The number of ether oxygens (including phenoxy) is 2. The molecule has 0 aromatic heterocycles. The van der Waals surface area contributed by atoms with E-state index in [0.29, 0.717) is 0 Å². The summed E-state index contributed by atoms with van der Waals surface area (Å²) in [6.45, 7) is 14.8. The zero-order chi connectivity index (χ0) is 25.2. The average Bonchev–Trinajstić information content (AvgIpc) is 3.14. The predicted molar refractivity (Wildman–Crippen MR) is 125 cm³/mol. The van der Waals surface area contributed by atoms with Crippen LogP contribution in [-0.2, 0) is 33.4 Å². The highest BCUT2D eigenvalue weighted by Gasteiger charge is 2.71.